The molecule has 23 heavy (non-hydrogen) atoms. The molecular weight excluding hydrogens is 284 g/mol. The SMILES string of the molecule is C=C/C(C)=C\C(=C)C(=O)Nc1ccc(C)cn1.CC.CC.CC. The Bertz CT molecular complexity index is 471. The number of nitrogens with zero attached hydrogens (tertiary/aromatic N) is 1. The lowest BCUT2D eigenvalue weighted by Gasteiger charge is -2.04. The molecule has 0 aliphatic carbocycles. The molecule has 1 aromatic rings. The highest BCUT2D eigenvalue weighted by molar-refractivity contribution is 6.04. The van der Waals surface area contributed by atoms with Crippen LogP contribution in [0.2, 0.25) is 0 Å². The number of carbonyl (C=O) groups is 1. The van der Waals surface area contributed by atoms with Crippen LogP contribution in [0.1, 0.15) is 54.0 Å². The van der Waals surface area contributed by atoms with Crippen LogP contribution in [0.15, 0.2) is 54.8 Å². The highest BCUT2D eigenvalue weighted by atomic mass is 16.1. The number of pyridine rings is 1. The topological polar surface area (TPSA) is 42.0 Å². The molecule has 0 atom stereocenters. The molecule has 0 spiro atoms. The predicted molar refractivity (Wildman–Crippen MR) is 105 cm³/mol. The van der Waals surface area contributed by atoms with Gasteiger partial charge in [0.05, 0.1) is 0 Å². The van der Waals surface area contributed by atoms with Crippen LogP contribution in [-0.2, 0) is 4.79 Å². The van der Waals surface area contributed by atoms with E-state index in [1.807, 2.05) is 61.5 Å². The Labute approximate surface area is 143 Å². The van der Waals surface area contributed by atoms with E-state index in [9.17, 15) is 4.79 Å². The van der Waals surface area contributed by atoms with Gasteiger partial charge in [-0.25, -0.2) is 4.98 Å². The monoisotopic (exact) mass is 318 g/mol. The molecule has 0 aliphatic heterocycles. The molecule has 1 heterocycles. The van der Waals surface area contributed by atoms with Crippen LogP contribution in [0.4, 0.5) is 5.82 Å². The van der Waals surface area contributed by atoms with Crippen LogP contribution in [0.5, 0.6) is 0 Å². The highest BCUT2D eigenvalue weighted by Crippen LogP contribution is 2.07. The lowest BCUT2D eigenvalue weighted by molar-refractivity contribution is -0.112. The first-order valence-corrected chi connectivity index (χ1v) is 8.26. The molecule has 0 saturated carbocycles. The van der Waals surface area contributed by atoms with E-state index >= 15 is 0 Å². The Morgan fingerprint density at radius 3 is 2.04 bits per heavy atom. The standard InChI is InChI=1S/C14H16N2O.3C2H6/c1-5-10(2)8-12(4)14(17)16-13-7-6-11(3)9-15-13;3*1-2/h5-9H,1,4H2,2-3H3,(H,15,16,17);3*1-2H3/b10-8-;;;. The molecule has 0 fully saturated rings. The van der Waals surface area contributed by atoms with Crippen LogP contribution in [0.3, 0.4) is 0 Å². The zero-order valence-electron chi connectivity index (χ0n) is 16.2. The van der Waals surface area contributed by atoms with Gasteiger partial charge in [-0.05, 0) is 31.6 Å². The smallest absolute Gasteiger partial charge is 0.256 e. The van der Waals surface area contributed by atoms with E-state index in [1.54, 1.807) is 24.4 Å². The molecule has 1 N–H and O–H groups in total. The number of rotatable bonds is 4. The van der Waals surface area contributed by atoms with Crippen LogP contribution >= 0.6 is 0 Å². The van der Waals surface area contributed by atoms with Crippen molar-refractivity contribution in [2.45, 2.75) is 55.4 Å². The van der Waals surface area contributed by atoms with Crippen molar-refractivity contribution in [3.05, 3.63) is 60.3 Å². The summed E-state index contributed by atoms with van der Waals surface area (Å²) in [5.41, 5.74) is 2.32. The average Bonchev–Trinajstić information content (AvgIpc) is 2.62. The second kappa shape index (κ2) is 17.9. The maximum absolute atomic E-state index is 11.7. The number of hydrogen-bond acceptors (Lipinski definition) is 2. The lowest BCUT2D eigenvalue weighted by Crippen LogP contribution is -2.13. The number of aryl methyl sites for hydroxylation is 1. The number of nitrogens with one attached hydrogen (secondary N) is 1. The number of anilines is 1. The maximum atomic E-state index is 11.7. The Kier molecular flexibility index (Phi) is 20.0. The zero-order valence-corrected chi connectivity index (χ0v) is 16.2. The normalized spacial score (nSPS) is 8.78. The minimum absolute atomic E-state index is 0.262. The minimum atomic E-state index is -0.262. The molecule has 3 heteroatoms. The van der Waals surface area contributed by atoms with Gasteiger partial charge in [0.25, 0.3) is 5.91 Å². The Balaban J connectivity index is -0.000000595. The number of aromatic nitrogens is 1. The van der Waals surface area contributed by atoms with Gasteiger partial charge < -0.3 is 5.32 Å². The highest BCUT2D eigenvalue weighted by Gasteiger charge is 2.05. The minimum Gasteiger partial charge on any atom is -0.307 e. The van der Waals surface area contributed by atoms with E-state index in [2.05, 4.69) is 23.5 Å². The third kappa shape index (κ3) is 13.2. The zero-order chi connectivity index (χ0) is 18.8. The molecule has 0 radical (unpaired) electrons. The van der Waals surface area contributed by atoms with Crippen molar-refractivity contribution in [2.75, 3.05) is 5.32 Å². The van der Waals surface area contributed by atoms with Gasteiger partial charge in [0.2, 0.25) is 0 Å². The van der Waals surface area contributed by atoms with E-state index in [-0.39, 0.29) is 5.91 Å². The fourth-order valence-corrected chi connectivity index (χ4v) is 1.14. The molecule has 1 aromatic heterocycles. The molecule has 0 bridgehead atoms. The number of carbonyl (C=O) groups excluding carboxylic acids is 1. The molecule has 0 unspecified atom stereocenters. The van der Waals surface area contributed by atoms with E-state index < -0.39 is 0 Å². The van der Waals surface area contributed by atoms with E-state index in [1.165, 1.54) is 0 Å². The Morgan fingerprint density at radius 2 is 1.65 bits per heavy atom. The second-order valence-corrected chi connectivity index (χ2v) is 3.79. The molecule has 0 aromatic carbocycles. The number of amides is 1. The average molecular weight is 319 g/mol. The van der Waals surface area contributed by atoms with Crippen molar-refractivity contribution in [1.29, 1.82) is 0 Å². The van der Waals surface area contributed by atoms with Crippen molar-refractivity contribution < 1.29 is 4.79 Å². The van der Waals surface area contributed by atoms with Gasteiger partial charge in [-0.1, -0.05) is 72.4 Å². The number of hydrogen-bond donors (Lipinski definition) is 1. The Hall–Kier alpha value is -2.16. The second-order valence-electron chi connectivity index (χ2n) is 3.79. The summed E-state index contributed by atoms with van der Waals surface area (Å²) in [5, 5.41) is 2.67. The predicted octanol–water partition coefficient (Wildman–Crippen LogP) is 6.10. The van der Waals surface area contributed by atoms with Crippen molar-refractivity contribution in [3.8, 4) is 0 Å². The summed E-state index contributed by atoms with van der Waals surface area (Å²) in [7, 11) is 0. The first-order chi connectivity index (χ1) is 11.0. The van der Waals surface area contributed by atoms with Gasteiger partial charge in [0, 0.05) is 11.8 Å². The molecule has 0 saturated heterocycles. The van der Waals surface area contributed by atoms with E-state index in [0.29, 0.717) is 11.4 Å². The van der Waals surface area contributed by atoms with Crippen molar-refractivity contribution >= 4 is 11.7 Å². The lowest BCUT2D eigenvalue weighted by atomic mass is 10.2. The molecule has 1 amide bonds. The van der Waals surface area contributed by atoms with E-state index in [4.69, 9.17) is 0 Å². The van der Waals surface area contributed by atoms with Gasteiger partial charge in [0.1, 0.15) is 5.82 Å². The van der Waals surface area contributed by atoms with Crippen LogP contribution in [0, 0.1) is 6.92 Å². The summed E-state index contributed by atoms with van der Waals surface area (Å²) in [4.78, 5) is 15.8. The van der Waals surface area contributed by atoms with Crippen LogP contribution in [-0.4, -0.2) is 10.9 Å². The van der Waals surface area contributed by atoms with Gasteiger partial charge >= 0.3 is 0 Å². The molecule has 1 rings (SSSR count). The first kappa shape index (κ1) is 25.8. The number of allylic oxidation sites excluding steroid dienone is 2. The molecule has 0 aliphatic rings. The van der Waals surface area contributed by atoms with Gasteiger partial charge in [0.15, 0.2) is 0 Å². The maximum Gasteiger partial charge on any atom is 0.256 e. The molecular formula is C20H34N2O. The Morgan fingerprint density at radius 1 is 1.13 bits per heavy atom. The van der Waals surface area contributed by atoms with Crippen molar-refractivity contribution in [1.82, 2.24) is 4.98 Å². The summed E-state index contributed by atoms with van der Waals surface area (Å²) in [6.45, 7) is 23.1. The molecule has 3 nitrogen and oxygen atoms in total. The summed E-state index contributed by atoms with van der Waals surface area (Å²) in [6, 6.07) is 3.64. The van der Waals surface area contributed by atoms with Crippen molar-refractivity contribution in [2.24, 2.45) is 0 Å². The largest absolute Gasteiger partial charge is 0.307 e. The van der Waals surface area contributed by atoms with E-state index in [0.717, 1.165) is 11.1 Å². The summed E-state index contributed by atoms with van der Waals surface area (Å²) in [6.07, 6.45) is 5.04. The first-order valence-electron chi connectivity index (χ1n) is 8.26. The summed E-state index contributed by atoms with van der Waals surface area (Å²) < 4.78 is 0. The third-order valence-corrected chi connectivity index (χ3v) is 2.17. The van der Waals surface area contributed by atoms with Crippen LogP contribution in [0.25, 0.3) is 0 Å². The van der Waals surface area contributed by atoms with Gasteiger partial charge in [-0.2, -0.15) is 0 Å². The summed E-state index contributed by atoms with van der Waals surface area (Å²) in [5.74, 6) is 0.258. The van der Waals surface area contributed by atoms with Gasteiger partial charge in [-0.15, -0.1) is 0 Å². The van der Waals surface area contributed by atoms with Gasteiger partial charge in [-0.3, -0.25) is 4.79 Å². The fourth-order valence-electron chi connectivity index (χ4n) is 1.14. The van der Waals surface area contributed by atoms with Crippen molar-refractivity contribution in [3.63, 3.8) is 0 Å². The summed E-state index contributed by atoms with van der Waals surface area (Å²) >= 11 is 0. The molecule has 130 valence electrons. The van der Waals surface area contributed by atoms with Crippen LogP contribution < -0.4 is 5.32 Å². The quantitative estimate of drug-likeness (QED) is 0.538. The third-order valence-electron chi connectivity index (χ3n) is 2.17. The fraction of sp³-hybridized carbons (Fsp3) is 0.400.